The molecule has 0 aliphatic carbocycles. The lowest BCUT2D eigenvalue weighted by Gasteiger charge is -2.02. The van der Waals surface area contributed by atoms with Crippen molar-refractivity contribution < 1.29 is 4.79 Å². The van der Waals surface area contributed by atoms with E-state index in [9.17, 15) is 4.79 Å². The van der Waals surface area contributed by atoms with Crippen molar-refractivity contribution >= 4 is 56.9 Å². The number of halogens is 2. The summed E-state index contributed by atoms with van der Waals surface area (Å²) in [5.74, 6) is 0.216. The zero-order chi connectivity index (χ0) is 19.5. The Morgan fingerprint density at radius 2 is 1.86 bits per heavy atom. The Bertz CT molecular complexity index is 1130. The molecule has 4 aromatic rings. The lowest BCUT2D eigenvalue weighted by molar-refractivity contribution is 0.103. The van der Waals surface area contributed by atoms with Gasteiger partial charge < -0.3 is 0 Å². The second-order valence-corrected chi connectivity index (χ2v) is 8.59. The van der Waals surface area contributed by atoms with E-state index in [1.165, 1.54) is 28.9 Å². The van der Waals surface area contributed by atoms with Crippen molar-refractivity contribution in [3.63, 3.8) is 0 Å². The molecule has 0 spiro atoms. The fourth-order valence-electron chi connectivity index (χ4n) is 2.35. The van der Waals surface area contributed by atoms with Crippen LogP contribution >= 0.6 is 45.9 Å². The van der Waals surface area contributed by atoms with E-state index in [4.69, 9.17) is 23.2 Å². The summed E-state index contributed by atoms with van der Waals surface area (Å²) in [6.07, 6.45) is 7.11. The molecule has 0 unspecified atom stereocenters. The van der Waals surface area contributed by atoms with E-state index in [1.807, 2.05) is 6.07 Å². The third-order valence-corrected chi connectivity index (χ3v) is 6.13. The number of thiazole rings is 2. The fraction of sp³-hybridized carbons (Fsp3) is 0.0556. The highest BCUT2D eigenvalue weighted by atomic mass is 35.5. The molecule has 1 aromatic carbocycles. The average molecular weight is 448 g/mol. The van der Waals surface area contributed by atoms with E-state index in [0.717, 1.165) is 10.4 Å². The van der Waals surface area contributed by atoms with Gasteiger partial charge in [0.1, 0.15) is 4.88 Å². The monoisotopic (exact) mass is 447 g/mol. The Morgan fingerprint density at radius 1 is 1.04 bits per heavy atom. The van der Waals surface area contributed by atoms with Gasteiger partial charge in [0.25, 0.3) is 5.91 Å². The topological polar surface area (TPSA) is 80.7 Å². The quantitative estimate of drug-likeness (QED) is 0.454. The molecule has 4 rings (SSSR count). The highest BCUT2D eigenvalue weighted by molar-refractivity contribution is 7.17. The predicted molar refractivity (Wildman–Crippen MR) is 112 cm³/mol. The zero-order valence-corrected chi connectivity index (χ0v) is 17.2. The Hall–Kier alpha value is -2.39. The zero-order valence-electron chi connectivity index (χ0n) is 14.1. The van der Waals surface area contributed by atoms with Crippen molar-refractivity contribution in [2.45, 2.75) is 6.42 Å². The van der Waals surface area contributed by atoms with Gasteiger partial charge in [-0.3, -0.25) is 10.1 Å². The van der Waals surface area contributed by atoms with Crippen LogP contribution in [0, 0.1) is 0 Å². The van der Waals surface area contributed by atoms with Crippen LogP contribution in [0.1, 0.15) is 20.1 Å². The smallest absolute Gasteiger partial charge is 0.269 e. The van der Waals surface area contributed by atoms with Crippen LogP contribution in [0.2, 0.25) is 10.0 Å². The lowest BCUT2D eigenvalue weighted by Crippen LogP contribution is -2.09. The number of anilines is 1. The van der Waals surface area contributed by atoms with E-state index in [0.29, 0.717) is 37.3 Å². The summed E-state index contributed by atoms with van der Waals surface area (Å²) in [7, 11) is 0. The Labute approximate surface area is 178 Å². The van der Waals surface area contributed by atoms with Crippen LogP contribution < -0.4 is 5.32 Å². The average Bonchev–Trinajstić information content (AvgIpc) is 3.35. The minimum absolute atomic E-state index is 0.273. The van der Waals surface area contributed by atoms with Gasteiger partial charge in [-0.15, -0.1) is 22.7 Å². The second kappa shape index (κ2) is 8.32. The van der Waals surface area contributed by atoms with Crippen molar-refractivity contribution in [3.05, 3.63) is 74.4 Å². The highest BCUT2D eigenvalue weighted by Gasteiger charge is 2.15. The van der Waals surface area contributed by atoms with Gasteiger partial charge in [-0.25, -0.2) is 19.9 Å². The van der Waals surface area contributed by atoms with Crippen molar-refractivity contribution in [3.8, 4) is 10.8 Å². The number of hydrogen-bond acceptors (Lipinski definition) is 7. The van der Waals surface area contributed by atoms with E-state index in [1.54, 1.807) is 36.8 Å². The van der Waals surface area contributed by atoms with E-state index in [2.05, 4.69) is 25.3 Å². The van der Waals surface area contributed by atoms with Crippen molar-refractivity contribution in [1.82, 2.24) is 19.9 Å². The SMILES string of the molecule is O=C(Nc1ncc(Cc2ccc(Cl)cc2Cl)s1)c1cnc(-c2ncccn2)s1. The van der Waals surface area contributed by atoms with Gasteiger partial charge in [-0.2, -0.15) is 0 Å². The molecule has 6 nitrogen and oxygen atoms in total. The molecule has 3 heterocycles. The van der Waals surface area contributed by atoms with Crippen molar-refractivity contribution in [2.24, 2.45) is 0 Å². The number of nitrogens with zero attached hydrogens (tertiary/aromatic N) is 4. The third-order valence-electron chi connectivity index (χ3n) is 3.64. The van der Waals surface area contributed by atoms with Crippen LogP contribution in [0.25, 0.3) is 10.8 Å². The number of rotatable bonds is 5. The molecule has 1 amide bonds. The molecular formula is C18H11Cl2N5OS2. The van der Waals surface area contributed by atoms with Crippen LogP contribution in [0.5, 0.6) is 0 Å². The van der Waals surface area contributed by atoms with Crippen LogP contribution in [0.3, 0.4) is 0 Å². The summed E-state index contributed by atoms with van der Waals surface area (Å²) >= 11 is 14.8. The van der Waals surface area contributed by atoms with Crippen LogP contribution in [-0.4, -0.2) is 25.8 Å². The van der Waals surface area contributed by atoms with E-state index >= 15 is 0 Å². The van der Waals surface area contributed by atoms with Crippen LogP contribution in [0.15, 0.2) is 49.1 Å². The molecule has 0 fully saturated rings. The predicted octanol–water partition coefficient (Wildman–Crippen LogP) is 5.21. The van der Waals surface area contributed by atoms with Gasteiger partial charge in [0, 0.05) is 39.9 Å². The number of benzene rings is 1. The number of hydrogen-bond donors (Lipinski definition) is 1. The first-order valence-corrected chi connectivity index (χ1v) is 10.4. The van der Waals surface area contributed by atoms with E-state index in [-0.39, 0.29) is 5.91 Å². The third kappa shape index (κ3) is 4.36. The first kappa shape index (κ1) is 18.9. The minimum Gasteiger partial charge on any atom is -0.297 e. The van der Waals surface area contributed by atoms with Gasteiger partial charge in [0.15, 0.2) is 16.0 Å². The van der Waals surface area contributed by atoms with Crippen molar-refractivity contribution in [1.29, 1.82) is 0 Å². The summed E-state index contributed by atoms with van der Waals surface area (Å²) in [5.41, 5.74) is 0.947. The molecule has 0 aliphatic heterocycles. The van der Waals surface area contributed by atoms with Gasteiger partial charge in [0.2, 0.25) is 0 Å². The van der Waals surface area contributed by atoms with Crippen LogP contribution in [0.4, 0.5) is 5.13 Å². The summed E-state index contributed by atoms with van der Waals surface area (Å²) in [4.78, 5) is 30.7. The maximum atomic E-state index is 12.5. The molecule has 10 heteroatoms. The number of carbonyl (C=O) groups is 1. The lowest BCUT2D eigenvalue weighted by atomic mass is 10.1. The van der Waals surface area contributed by atoms with Gasteiger partial charge >= 0.3 is 0 Å². The summed E-state index contributed by atoms with van der Waals surface area (Å²) in [6, 6.07) is 7.11. The molecule has 3 aromatic heterocycles. The number of carbonyl (C=O) groups excluding carboxylic acids is 1. The largest absolute Gasteiger partial charge is 0.297 e. The Balaban J connectivity index is 1.44. The maximum Gasteiger partial charge on any atom is 0.269 e. The van der Waals surface area contributed by atoms with Crippen LogP contribution in [-0.2, 0) is 6.42 Å². The molecule has 0 radical (unpaired) electrons. The first-order chi connectivity index (χ1) is 13.6. The summed E-state index contributed by atoms with van der Waals surface area (Å²) in [6.45, 7) is 0. The molecule has 28 heavy (non-hydrogen) atoms. The Kier molecular flexibility index (Phi) is 5.63. The molecule has 0 atom stereocenters. The minimum atomic E-state index is -0.273. The summed E-state index contributed by atoms with van der Waals surface area (Å²) < 4.78 is 0. The molecule has 0 saturated heterocycles. The number of amides is 1. The number of nitrogens with one attached hydrogen (secondary N) is 1. The second-order valence-electron chi connectivity index (χ2n) is 5.60. The Morgan fingerprint density at radius 3 is 2.64 bits per heavy atom. The van der Waals surface area contributed by atoms with E-state index < -0.39 is 0 Å². The molecule has 1 N–H and O–H groups in total. The fourth-order valence-corrected chi connectivity index (χ4v) is 4.42. The molecule has 0 bridgehead atoms. The highest BCUT2D eigenvalue weighted by Crippen LogP contribution is 2.28. The summed E-state index contributed by atoms with van der Waals surface area (Å²) in [5, 5.41) is 5.09. The molecule has 0 aliphatic rings. The molecule has 140 valence electrons. The van der Waals surface area contributed by atoms with Gasteiger partial charge in [-0.1, -0.05) is 29.3 Å². The van der Waals surface area contributed by atoms with Gasteiger partial charge in [0.05, 0.1) is 6.20 Å². The number of aromatic nitrogens is 4. The molecular weight excluding hydrogens is 437 g/mol. The normalized spacial score (nSPS) is 10.8. The van der Waals surface area contributed by atoms with Gasteiger partial charge in [-0.05, 0) is 23.8 Å². The standard InChI is InChI=1S/C18H11Cl2N5OS2/c19-11-3-2-10(13(20)7-11)6-12-8-24-18(27-12)25-16(26)14-9-23-17(28-14)15-21-4-1-5-22-15/h1-5,7-9H,6H2,(H,24,25,26). The van der Waals surface area contributed by atoms with Crippen molar-refractivity contribution in [2.75, 3.05) is 5.32 Å². The maximum absolute atomic E-state index is 12.5. The first-order valence-electron chi connectivity index (χ1n) is 8.01. The molecule has 0 saturated carbocycles.